The van der Waals surface area contributed by atoms with E-state index in [0.29, 0.717) is 11.9 Å². The minimum absolute atomic E-state index is 0.267. The zero-order chi connectivity index (χ0) is 24.2. The summed E-state index contributed by atoms with van der Waals surface area (Å²) in [6.07, 6.45) is 9.37. The molecule has 32 heavy (non-hydrogen) atoms. The molecule has 0 saturated carbocycles. The van der Waals surface area contributed by atoms with Crippen molar-refractivity contribution in [3.8, 4) is 11.1 Å². The molecule has 0 unspecified atom stereocenters. The van der Waals surface area contributed by atoms with E-state index < -0.39 is 0 Å². The highest BCUT2D eigenvalue weighted by Crippen LogP contribution is 2.25. The summed E-state index contributed by atoms with van der Waals surface area (Å²) < 4.78 is 5.15. The van der Waals surface area contributed by atoms with Crippen LogP contribution in [0.2, 0.25) is 0 Å². The fourth-order valence-electron chi connectivity index (χ4n) is 2.90. The molecule has 2 aromatic carbocycles. The topological polar surface area (TPSA) is 52.3 Å². The van der Waals surface area contributed by atoms with E-state index >= 15 is 0 Å². The van der Waals surface area contributed by atoms with Gasteiger partial charge in [0, 0.05) is 13.7 Å². The van der Waals surface area contributed by atoms with Crippen molar-refractivity contribution in [3.05, 3.63) is 71.3 Å². The van der Waals surface area contributed by atoms with E-state index in [1.165, 1.54) is 66.3 Å². The summed E-state index contributed by atoms with van der Waals surface area (Å²) in [5.41, 5.74) is 12.2. The van der Waals surface area contributed by atoms with Crippen LogP contribution in [0, 0.1) is 6.92 Å². The highest BCUT2D eigenvalue weighted by atomic mass is 16.5. The Labute approximate surface area is 197 Å². The Balaban J connectivity index is 0.000000806. The molecule has 3 nitrogen and oxygen atoms in total. The molecule has 2 aromatic rings. The molecular formula is C29H45NO2. The fourth-order valence-corrected chi connectivity index (χ4v) is 2.90. The van der Waals surface area contributed by atoms with E-state index in [4.69, 9.17) is 10.5 Å². The van der Waals surface area contributed by atoms with E-state index in [2.05, 4.69) is 76.7 Å². The first kappa shape index (κ1) is 29.8. The average molecular weight is 440 g/mol. The average Bonchev–Trinajstić information content (AvgIpc) is 2.83. The van der Waals surface area contributed by atoms with Gasteiger partial charge >= 0.3 is 0 Å². The van der Waals surface area contributed by atoms with Crippen molar-refractivity contribution in [2.75, 3.05) is 20.3 Å². The molecule has 0 aliphatic heterocycles. The van der Waals surface area contributed by atoms with Gasteiger partial charge in [-0.05, 0) is 59.6 Å². The largest absolute Gasteiger partial charge is 0.384 e. The quantitative estimate of drug-likeness (QED) is 0.231. The van der Waals surface area contributed by atoms with Gasteiger partial charge in [-0.15, -0.1) is 0 Å². The zero-order valence-corrected chi connectivity index (χ0v) is 21.1. The first-order valence-corrected chi connectivity index (χ1v) is 12.0. The van der Waals surface area contributed by atoms with Gasteiger partial charge in [-0.3, -0.25) is 4.79 Å². The van der Waals surface area contributed by atoms with E-state index in [-0.39, 0.29) is 6.54 Å². The van der Waals surface area contributed by atoms with Gasteiger partial charge in [-0.2, -0.15) is 0 Å². The third kappa shape index (κ3) is 13.2. The Kier molecular flexibility index (Phi) is 18.1. The van der Waals surface area contributed by atoms with Crippen molar-refractivity contribution in [1.82, 2.24) is 0 Å². The van der Waals surface area contributed by atoms with Crippen LogP contribution in [0.4, 0.5) is 0 Å². The first-order valence-electron chi connectivity index (χ1n) is 12.0. The predicted octanol–water partition coefficient (Wildman–Crippen LogP) is 7.09. The summed E-state index contributed by atoms with van der Waals surface area (Å²) in [5.74, 6) is 0. The number of carbonyl (C=O) groups is 1. The van der Waals surface area contributed by atoms with Gasteiger partial charge in [-0.1, -0.05) is 95.5 Å². The standard InChI is InChI=1S/C21H28O.C4H7NO.C4H10/c1-4-5-6-7-18-8-11-20(12-9-18)21-13-10-19(14-15-22-3)16-17(21)2;1-4(2-5)3-6;1-3-4-2/h8-13,16H,4-7,14-15H2,1-3H3;3H,1-2,5H2;3-4H2,1-2H3. The molecule has 0 bridgehead atoms. The molecule has 0 fully saturated rings. The van der Waals surface area contributed by atoms with Crippen LogP contribution in [-0.2, 0) is 22.4 Å². The highest BCUT2D eigenvalue weighted by Gasteiger charge is 2.04. The molecule has 2 N–H and O–H groups in total. The molecule has 2 rings (SSSR count). The molecule has 0 radical (unpaired) electrons. The number of methoxy groups -OCH3 is 1. The van der Waals surface area contributed by atoms with Crippen molar-refractivity contribution in [2.45, 2.75) is 72.6 Å². The minimum Gasteiger partial charge on any atom is -0.384 e. The van der Waals surface area contributed by atoms with Gasteiger partial charge in [0.2, 0.25) is 0 Å². The van der Waals surface area contributed by atoms with Crippen LogP contribution in [0.5, 0.6) is 0 Å². The predicted molar refractivity (Wildman–Crippen MR) is 140 cm³/mol. The molecule has 0 aromatic heterocycles. The van der Waals surface area contributed by atoms with E-state index in [1.54, 1.807) is 7.11 Å². The van der Waals surface area contributed by atoms with Gasteiger partial charge in [-0.25, -0.2) is 0 Å². The van der Waals surface area contributed by atoms with Crippen LogP contribution in [-0.4, -0.2) is 26.5 Å². The first-order chi connectivity index (χ1) is 15.5. The molecule has 0 amide bonds. The van der Waals surface area contributed by atoms with Gasteiger partial charge in [0.1, 0.15) is 6.29 Å². The molecule has 0 atom stereocenters. The summed E-state index contributed by atoms with van der Waals surface area (Å²) in [4.78, 5) is 9.56. The highest BCUT2D eigenvalue weighted by molar-refractivity contribution is 5.72. The Morgan fingerprint density at radius 3 is 2.00 bits per heavy atom. The zero-order valence-electron chi connectivity index (χ0n) is 21.1. The van der Waals surface area contributed by atoms with Crippen molar-refractivity contribution in [2.24, 2.45) is 5.73 Å². The van der Waals surface area contributed by atoms with E-state index in [1.807, 2.05) is 0 Å². The lowest BCUT2D eigenvalue weighted by molar-refractivity contribution is -0.104. The summed E-state index contributed by atoms with van der Waals surface area (Å²) in [6, 6.07) is 15.8. The van der Waals surface area contributed by atoms with Gasteiger partial charge in [0.15, 0.2) is 0 Å². The summed E-state index contributed by atoms with van der Waals surface area (Å²) in [5, 5.41) is 0. The van der Waals surface area contributed by atoms with Crippen LogP contribution in [0.1, 0.15) is 69.6 Å². The summed E-state index contributed by atoms with van der Waals surface area (Å²) in [6.45, 7) is 13.2. The van der Waals surface area contributed by atoms with Crippen LogP contribution in [0.15, 0.2) is 54.6 Å². The van der Waals surface area contributed by atoms with Crippen molar-refractivity contribution in [1.29, 1.82) is 0 Å². The summed E-state index contributed by atoms with van der Waals surface area (Å²) >= 11 is 0. The van der Waals surface area contributed by atoms with Crippen molar-refractivity contribution >= 4 is 6.29 Å². The SMILES string of the molecule is C=C(C=O)CN.CCCC.CCCCCc1ccc(-c2ccc(CCOC)cc2C)cc1. The lowest BCUT2D eigenvalue weighted by atomic mass is 9.96. The monoisotopic (exact) mass is 439 g/mol. The Morgan fingerprint density at radius 1 is 0.938 bits per heavy atom. The number of nitrogens with two attached hydrogens (primary N) is 1. The van der Waals surface area contributed by atoms with Crippen molar-refractivity contribution < 1.29 is 9.53 Å². The van der Waals surface area contributed by atoms with Gasteiger partial charge < -0.3 is 10.5 Å². The van der Waals surface area contributed by atoms with E-state index in [9.17, 15) is 4.79 Å². The molecule has 0 aliphatic rings. The molecule has 0 heterocycles. The number of hydrogen-bond donors (Lipinski definition) is 1. The number of benzene rings is 2. The summed E-state index contributed by atoms with van der Waals surface area (Å²) in [7, 11) is 1.75. The van der Waals surface area contributed by atoms with Gasteiger partial charge in [0.25, 0.3) is 0 Å². The molecule has 3 heteroatoms. The Bertz CT molecular complexity index is 748. The minimum atomic E-state index is 0.267. The molecular weight excluding hydrogens is 394 g/mol. The molecule has 0 aliphatic carbocycles. The lowest BCUT2D eigenvalue weighted by Crippen LogP contribution is -2.01. The molecule has 178 valence electrons. The number of aryl methyl sites for hydroxylation is 2. The van der Waals surface area contributed by atoms with Crippen LogP contribution in [0.3, 0.4) is 0 Å². The van der Waals surface area contributed by atoms with Gasteiger partial charge in [0.05, 0.1) is 6.61 Å². The number of rotatable bonds is 11. The molecule has 0 spiro atoms. The maximum absolute atomic E-state index is 9.56. The fraction of sp³-hybridized carbons (Fsp3) is 0.483. The van der Waals surface area contributed by atoms with Crippen LogP contribution >= 0.6 is 0 Å². The number of unbranched alkanes of at least 4 members (excludes halogenated alkanes) is 3. The maximum Gasteiger partial charge on any atom is 0.146 e. The van der Waals surface area contributed by atoms with E-state index in [0.717, 1.165) is 13.0 Å². The third-order valence-electron chi connectivity index (χ3n) is 5.15. The number of hydrogen-bond acceptors (Lipinski definition) is 3. The van der Waals surface area contributed by atoms with Crippen LogP contribution < -0.4 is 5.73 Å². The van der Waals surface area contributed by atoms with Crippen LogP contribution in [0.25, 0.3) is 11.1 Å². The Hall–Kier alpha value is -2.23. The number of aldehydes is 1. The Morgan fingerprint density at radius 2 is 1.56 bits per heavy atom. The second-order valence-corrected chi connectivity index (χ2v) is 8.03. The number of ether oxygens (including phenoxy) is 1. The lowest BCUT2D eigenvalue weighted by Gasteiger charge is -2.10. The smallest absolute Gasteiger partial charge is 0.146 e. The molecule has 0 saturated heterocycles. The second-order valence-electron chi connectivity index (χ2n) is 8.03. The normalized spacial score (nSPS) is 9.81. The van der Waals surface area contributed by atoms with Crippen molar-refractivity contribution in [3.63, 3.8) is 0 Å². The maximum atomic E-state index is 9.56. The number of carbonyl (C=O) groups excluding carboxylic acids is 1. The second kappa shape index (κ2) is 19.5. The third-order valence-corrected chi connectivity index (χ3v) is 5.15.